The molecule has 1 heterocycles. The summed E-state index contributed by atoms with van der Waals surface area (Å²) in [5, 5.41) is 3.11. The zero-order valence-electron chi connectivity index (χ0n) is 11.0. The number of hydrogen-bond acceptors (Lipinski definition) is 4. The topological polar surface area (TPSA) is 47.0 Å². The predicted octanol–water partition coefficient (Wildman–Crippen LogP) is 3.40. The molecule has 4 nitrogen and oxygen atoms in total. The first-order chi connectivity index (χ1) is 9.21. The minimum Gasteiger partial charge on any atom is -0.439 e. The molecule has 0 amide bonds. The van der Waals surface area contributed by atoms with Crippen molar-refractivity contribution < 1.29 is 9.13 Å². The lowest BCUT2D eigenvalue weighted by Gasteiger charge is -2.09. The van der Waals surface area contributed by atoms with Crippen LogP contribution in [0.5, 0.6) is 11.6 Å². The molecular formula is C14H16FN3O. The van der Waals surface area contributed by atoms with Crippen LogP contribution in [0.25, 0.3) is 0 Å². The van der Waals surface area contributed by atoms with Crippen LogP contribution in [0.3, 0.4) is 0 Å². The van der Waals surface area contributed by atoms with Crippen LogP contribution in [0, 0.1) is 5.82 Å². The van der Waals surface area contributed by atoms with E-state index < -0.39 is 0 Å². The fourth-order valence-corrected chi connectivity index (χ4v) is 1.61. The van der Waals surface area contributed by atoms with Crippen LogP contribution in [0.15, 0.2) is 30.3 Å². The van der Waals surface area contributed by atoms with Gasteiger partial charge in [0.1, 0.15) is 23.2 Å². The molecule has 0 radical (unpaired) electrons. The van der Waals surface area contributed by atoms with E-state index in [1.807, 2.05) is 13.8 Å². The minimum atomic E-state index is -0.339. The number of ether oxygens (including phenoxy) is 1. The van der Waals surface area contributed by atoms with Crippen molar-refractivity contribution >= 4 is 5.82 Å². The van der Waals surface area contributed by atoms with Gasteiger partial charge < -0.3 is 10.1 Å². The molecule has 0 saturated heterocycles. The highest BCUT2D eigenvalue weighted by molar-refractivity contribution is 5.40. The second kappa shape index (κ2) is 6.13. The van der Waals surface area contributed by atoms with Gasteiger partial charge in [-0.05, 0) is 19.1 Å². The largest absolute Gasteiger partial charge is 0.439 e. The van der Waals surface area contributed by atoms with Gasteiger partial charge in [-0.1, -0.05) is 13.0 Å². The summed E-state index contributed by atoms with van der Waals surface area (Å²) >= 11 is 0. The fraction of sp³-hybridized carbons (Fsp3) is 0.286. The molecule has 0 aliphatic rings. The molecular weight excluding hydrogens is 245 g/mol. The van der Waals surface area contributed by atoms with Gasteiger partial charge in [-0.25, -0.2) is 9.37 Å². The van der Waals surface area contributed by atoms with Gasteiger partial charge in [0.2, 0.25) is 5.88 Å². The van der Waals surface area contributed by atoms with Gasteiger partial charge >= 0.3 is 0 Å². The Hall–Kier alpha value is -2.17. The van der Waals surface area contributed by atoms with E-state index in [1.54, 1.807) is 18.2 Å². The quantitative estimate of drug-likeness (QED) is 0.896. The molecule has 0 aliphatic carbocycles. The lowest BCUT2D eigenvalue weighted by Crippen LogP contribution is -2.04. The smallest absolute Gasteiger partial charge is 0.224 e. The molecule has 5 heteroatoms. The van der Waals surface area contributed by atoms with E-state index in [0.29, 0.717) is 29.7 Å². The Bertz CT molecular complexity index is 560. The number of hydrogen-bond donors (Lipinski definition) is 1. The first kappa shape index (κ1) is 13.3. The molecule has 1 aromatic carbocycles. The maximum atomic E-state index is 13.1. The molecule has 1 aromatic heterocycles. The van der Waals surface area contributed by atoms with Gasteiger partial charge in [-0.3, -0.25) is 0 Å². The maximum absolute atomic E-state index is 13.1. The fourth-order valence-electron chi connectivity index (χ4n) is 1.61. The van der Waals surface area contributed by atoms with Crippen molar-refractivity contribution in [3.63, 3.8) is 0 Å². The first-order valence-corrected chi connectivity index (χ1v) is 6.26. The Kier molecular flexibility index (Phi) is 4.28. The van der Waals surface area contributed by atoms with E-state index in [-0.39, 0.29) is 5.82 Å². The Morgan fingerprint density at radius 2 is 2.05 bits per heavy atom. The van der Waals surface area contributed by atoms with Gasteiger partial charge in [-0.15, -0.1) is 0 Å². The standard InChI is InChI=1S/C14H16FN3O/c1-3-12-17-13(16-4-2)9-14(18-12)19-11-7-5-6-10(15)8-11/h5-9H,3-4H2,1-2H3,(H,16,17,18). The van der Waals surface area contributed by atoms with E-state index in [2.05, 4.69) is 15.3 Å². The summed E-state index contributed by atoms with van der Waals surface area (Å²) in [5.41, 5.74) is 0. The lowest BCUT2D eigenvalue weighted by atomic mass is 10.3. The number of aryl methyl sites for hydroxylation is 1. The van der Waals surface area contributed by atoms with Crippen LogP contribution in [-0.4, -0.2) is 16.5 Å². The normalized spacial score (nSPS) is 10.3. The molecule has 0 spiro atoms. The second-order valence-electron chi connectivity index (χ2n) is 3.95. The van der Waals surface area contributed by atoms with Gasteiger partial charge in [0.05, 0.1) is 0 Å². The highest BCUT2D eigenvalue weighted by Gasteiger charge is 2.05. The van der Waals surface area contributed by atoms with Crippen LogP contribution < -0.4 is 10.1 Å². The monoisotopic (exact) mass is 261 g/mol. The molecule has 0 unspecified atom stereocenters. The van der Waals surface area contributed by atoms with Crippen LogP contribution in [0.4, 0.5) is 10.2 Å². The molecule has 0 saturated carbocycles. The Morgan fingerprint density at radius 3 is 2.74 bits per heavy atom. The molecule has 2 aromatic rings. The Morgan fingerprint density at radius 1 is 1.21 bits per heavy atom. The molecule has 19 heavy (non-hydrogen) atoms. The number of aromatic nitrogens is 2. The van der Waals surface area contributed by atoms with E-state index in [1.165, 1.54) is 12.1 Å². The number of nitrogens with one attached hydrogen (secondary N) is 1. The van der Waals surface area contributed by atoms with Crippen LogP contribution in [-0.2, 0) is 6.42 Å². The minimum absolute atomic E-state index is 0.339. The van der Waals surface area contributed by atoms with E-state index in [0.717, 1.165) is 6.54 Å². The molecule has 0 fully saturated rings. The summed E-state index contributed by atoms with van der Waals surface area (Å²) in [7, 11) is 0. The highest BCUT2D eigenvalue weighted by Crippen LogP contribution is 2.22. The van der Waals surface area contributed by atoms with Crippen molar-refractivity contribution in [1.82, 2.24) is 9.97 Å². The van der Waals surface area contributed by atoms with Crippen LogP contribution in [0.2, 0.25) is 0 Å². The van der Waals surface area contributed by atoms with E-state index in [4.69, 9.17) is 4.74 Å². The summed E-state index contributed by atoms with van der Waals surface area (Å²) in [6.45, 7) is 4.72. The molecule has 100 valence electrons. The zero-order valence-corrected chi connectivity index (χ0v) is 11.0. The zero-order chi connectivity index (χ0) is 13.7. The van der Waals surface area contributed by atoms with Gasteiger partial charge in [0.15, 0.2) is 0 Å². The molecule has 2 rings (SSSR count). The lowest BCUT2D eigenvalue weighted by molar-refractivity contribution is 0.454. The van der Waals surface area contributed by atoms with Crippen molar-refractivity contribution in [2.45, 2.75) is 20.3 Å². The molecule has 1 N–H and O–H groups in total. The summed E-state index contributed by atoms with van der Waals surface area (Å²) in [6.07, 6.45) is 0.707. The average Bonchev–Trinajstić information content (AvgIpc) is 2.39. The summed E-state index contributed by atoms with van der Waals surface area (Å²) in [4.78, 5) is 8.59. The van der Waals surface area contributed by atoms with Crippen LogP contribution >= 0.6 is 0 Å². The van der Waals surface area contributed by atoms with Crippen molar-refractivity contribution in [2.24, 2.45) is 0 Å². The average molecular weight is 261 g/mol. The molecule has 0 aliphatic heterocycles. The maximum Gasteiger partial charge on any atom is 0.224 e. The number of nitrogens with zero attached hydrogens (tertiary/aromatic N) is 2. The summed E-state index contributed by atoms with van der Waals surface area (Å²) in [5.74, 6) is 1.89. The second-order valence-corrected chi connectivity index (χ2v) is 3.95. The van der Waals surface area contributed by atoms with Crippen LogP contribution in [0.1, 0.15) is 19.7 Å². The number of anilines is 1. The third kappa shape index (κ3) is 3.64. The van der Waals surface area contributed by atoms with Gasteiger partial charge in [-0.2, -0.15) is 4.98 Å². The van der Waals surface area contributed by atoms with E-state index >= 15 is 0 Å². The SMILES string of the molecule is CCNc1cc(Oc2cccc(F)c2)nc(CC)n1. The highest BCUT2D eigenvalue weighted by atomic mass is 19.1. The summed E-state index contributed by atoms with van der Waals surface area (Å²) in [6, 6.07) is 7.67. The molecule has 0 bridgehead atoms. The third-order valence-corrected chi connectivity index (χ3v) is 2.44. The number of halogens is 1. The van der Waals surface area contributed by atoms with Crippen molar-refractivity contribution in [3.05, 3.63) is 42.0 Å². The Labute approximate surface area is 111 Å². The van der Waals surface area contributed by atoms with E-state index in [9.17, 15) is 4.39 Å². The first-order valence-electron chi connectivity index (χ1n) is 6.26. The van der Waals surface area contributed by atoms with Gasteiger partial charge in [0.25, 0.3) is 0 Å². The Balaban J connectivity index is 2.26. The van der Waals surface area contributed by atoms with Crippen molar-refractivity contribution in [2.75, 3.05) is 11.9 Å². The van der Waals surface area contributed by atoms with Gasteiger partial charge in [0, 0.05) is 25.1 Å². The third-order valence-electron chi connectivity index (χ3n) is 2.44. The number of rotatable bonds is 5. The molecule has 0 atom stereocenters. The van der Waals surface area contributed by atoms with Crippen molar-refractivity contribution in [3.8, 4) is 11.6 Å². The number of benzene rings is 1. The summed E-state index contributed by atoms with van der Waals surface area (Å²) < 4.78 is 18.6. The van der Waals surface area contributed by atoms with Crippen molar-refractivity contribution in [1.29, 1.82) is 0 Å². The predicted molar refractivity (Wildman–Crippen MR) is 72.0 cm³/mol.